The van der Waals surface area contributed by atoms with Gasteiger partial charge in [0.2, 0.25) is 0 Å². The third-order valence-electron chi connectivity index (χ3n) is 5.18. The van der Waals surface area contributed by atoms with Crippen LogP contribution in [0.2, 0.25) is 5.02 Å². The van der Waals surface area contributed by atoms with Gasteiger partial charge in [0.15, 0.2) is 5.65 Å². The highest BCUT2D eigenvalue weighted by atomic mass is 35.5. The Bertz CT molecular complexity index is 1350. The third kappa shape index (κ3) is 5.83. The minimum absolute atomic E-state index is 0.246. The van der Waals surface area contributed by atoms with Gasteiger partial charge >= 0.3 is 0 Å². The fraction of sp³-hybridized carbons (Fsp3) is 0.200. The summed E-state index contributed by atoms with van der Waals surface area (Å²) in [5.41, 5.74) is 3.16. The molecule has 9 nitrogen and oxygen atoms in total. The van der Waals surface area contributed by atoms with Gasteiger partial charge in [0.25, 0.3) is 11.8 Å². The fourth-order valence-electron chi connectivity index (χ4n) is 3.56. The highest BCUT2D eigenvalue weighted by molar-refractivity contribution is 6.34. The number of aromatic nitrogens is 3. The first-order chi connectivity index (χ1) is 17.0. The first-order valence-corrected chi connectivity index (χ1v) is 11.2. The summed E-state index contributed by atoms with van der Waals surface area (Å²) in [5.74, 6) is -0.0396. The summed E-state index contributed by atoms with van der Waals surface area (Å²) in [7, 11) is 3.14. The zero-order valence-corrected chi connectivity index (χ0v) is 19.9. The van der Waals surface area contributed by atoms with Crippen molar-refractivity contribution in [3.05, 3.63) is 76.9 Å². The number of H-pyrrole nitrogens is 1. The first kappa shape index (κ1) is 24.3. The van der Waals surface area contributed by atoms with Crippen LogP contribution in [0.5, 0.6) is 0 Å². The number of rotatable bonds is 9. The number of imidazole rings is 1. The zero-order chi connectivity index (χ0) is 24.8. The van der Waals surface area contributed by atoms with Crippen molar-refractivity contribution in [3.63, 3.8) is 0 Å². The lowest BCUT2D eigenvalue weighted by Gasteiger charge is -2.17. The highest BCUT2D eigenvalue weighted by Gasteiger charge is 2.16. The van der Waals surface area contributed by atoms with Gasteiger partial charge in [-0.05, 0) is 30.3 Å². The number of hydrogen-bond acceptors (Lipinski definition) is 6. The molecule has 2 aromatic heterocycles. The van der Waals surface area contributed by atoms with E-state index in [1.807, 2.05) is 6.07 Å². The molecular formula is C25H24ClN5O4. The van der Waals surface area contributed by atoms with Gasteiger partial charge in [-0.3, -0.25) is 9.59 Å². The molecule has 35 heavy (non-hydrogen) atoms. The number of nitrogens with zero attached hydrogens (tertiary/aromatic N) is 2. The van der Waals surface area contributed by atoms with Crippen molar-refractivity contribution in [3.8, 4) is 11.4 Å². The van der Waals surface area contributed by atoms with Crippen molar-refractivity contribution in [2.45, 2.75) is 6.04 Å². The van der Waals surface area contributed by atoms with Crippen molar-refractivity contribution >= 4 is 40.3 Å². The fourth-order valence-corrected chi connectivity index (χ4v) is 3.78. The third-order valence-corrected chi connectivity index (χ3v) is 5.51. The molecule has 0 unspecified atom stereocenters. The number of amides is 2. The number of pyridine rings is 1. The van der Waals surface area contributed by atoms with Crippen molar-refractivity contribution in [2.24, 2.45) is 0 Å². The normalized spacial score (nSPS) is 11.1. The van der Waals surface area contributed by atoms with E-state index in [4.69, 9.17) is 21.1 Å². The lowest BCUT2D eigenvalue weighted by Crippen LogP contribution is -2.41. The smallest absolute Gasteiger partial charge is 0.257 e. The molecule has 0 aliphatic heterocycles. The van der Waals surface area contributed by atoms with Gasteiger partial charge in [-0.25, -0.2) is 9.97 Å². The molecule has 10 heteroatoms. The van der Waals surface area contributed by atoms with Crippen LogP contribution in [0.1, 0.15) is 20.7 Å². The number of methoxy groups -OCH3 is 2. The Morgan fingerprint density at radius 3 is 2.54 bits per heavy atom. The second-order valence-corrected chi connectivity index (χ2v) is 8.18. The second-order valence-electron chi connectivity index (χ2n) is 7.78. The van der Waals surface area contributed by atoms with E-state index in [0.717, 1.165) is 0 Å². The summed E-state index contributed by atoms with van der Waals surface area (Å²) in [4.78, 5) is 37.4. The van der Waals surface area contributed by atoms with Crippen LogP contribution in [-0.4, -0.2) is 60.2 Å². The number of carbonyl (C=O) groups excluding carboxylic acids is 2. The number of benzene rings is 2. The van der Waals surface area contributed by atoms with Crippen LogP contribution in [0.15, 0.2) is 60.8 Å². The van der Waals surface area contributed by atoms with Gasteiger partial charge in [0.1, 0.15) is 5.82 Å². The van der Waals surface area contributed by atoms with Gasteiger partial charge in [-0.2, -0.15) is 0 Å². The number of ether oxygens (including phenoxy) is 2. The van der Waals surface area contributed by atoms with Crippen molar-refractivity contribution < 1.29 is 19.1 Å². The monoisotopic (exact) mass is 493 g/mol. The molecule has 0 fully saturated rings. The van der Waals surface area contributed by atoms with Crippen LogP contribution in [0.4, 0.5) is 5.69 Å². The zero-order valence-electron chi connectivity index (χ0n) is 19.2. The van der Waals surface area contributed by atoms with E-state index in [-0.39, 0.29) is 17.9 Å². The van der Waals surface area contributed by atoms with Crippen molar-refractivity contribution in [1.82, 2.24) is 20.3 Å². The topological polar surface area (TPSA) is 118 Å². The predicted octanol–water partition coefficient (Wildman–Crippen LogP) is 3.92. The van der Waals surface area contributed by atoms with Crippen LogP contribution in [0.3, 0.4) is 0 Å². The molecule has 2 amide bonds. The van der Waals surface area contributed by atoms with Crippen LogP contribution in [0.25, 0.3) is 22.6 Å². The lowest BCUT2D eigenvalue weighted by atomic mass is 10.1. The minimum atomic E-state index is -0.338. The van der Waals surface area contributed by atoms with Gasteiger partial charge < -0.3 is 25.1 Å². The number of aromatic amines is 1. The van der Waals surface area contributed by atoms with E-state index in [1.54, 1.807) is 62.8 Å². The van der Waals surface area contributed by atoms with Crippen LogP contribution < -0.4 is 10.6 Å². The van der Waals surface area contributed by atoms with Gasteiger partial charge in [-0.1, -0.05) is 35.9 Å². The molecule has 0 bridgehead atoms. The standard InChI is InChI=1S/C25H24ClN5O4/c1-34-13-18(14-35-2)29-24(32)16-7-5-6-15(10-16)22-30-21-11-17(12-27-23(21)31-22)28-25(33)19-8-3-4-9-20(19)26/h3-12,18H,13-14H2,1-2H3,(H,28,33)(H,29,32)(H,27,30,31). The Balaban J connectivity index is 1.53. The molecule has 0 saturated carbocycles. The molecule has 0 radical (unpaired) electrons. The van der Waals surface area contributed by atoms with E-state index in [2.05, 4.69) is 25.6 Å². The Labute approximate surface area is 206 Å². The molecule has 3 N–H and O–H groups in total. The molecule has 2 aromatic carbocycles. The summed E-state index contributed by atoms with van der Waals surface area (Å²) in [6.07, 6.45) is 1.53. The van der Waals surface area contributed by atoms with Crippen LogP contribution in [-0.2, 0) is 9.47 Å². The van der Waals surface area contributed by atoms with E-state index in [0.29, 0.717) is 57.6 Å². The molecule has 0 aliphatic rings. The lowest BCUT2D eigenvalue weighted by molar-refractivity contribution is 0.0779. The maximum Gasteiger partial charge on any atom is 0.257 e. The molecular weight excluding hydrogens is 470 g/mol. The maximum absolute atomic E-state index is 12.7. The average Bonchev–Trinajstić information content (AvgIpc) is 3.28. The highest BCUT2D eigenvalue weighted by Crippen LogP contribution is 2.23. The minimum Gasteiger partial charge on any atom is -0.382 e. The van der Waals surface area contributed by atoms with Gasteiger partial charge in [-0.15, -0.1) is 0 Å². The average molecular weight is 494 g/mol. The van der Waals surface area contributed by atoms with Crippen LogP contribution >= 0.6 is 11.6 Å². The number of fused-ring (bicyclic) bond motifs is 1. The van der Waals surface area contributed by atoms with E-state index in [9.17, 15) is 9.59 Å². The summed E-state index contributed by atoms with van der Waals surface area (Å²) >= 11 is 6.11. The number of nitrogens with one attached hydrogen (secondary N) is 3. The number of halogens is 1. The predicted molar refractivity (Wildman–Crippen MR) is 134 cm³/mol. The number of anilines is 1. The molecule has 0 spiro atoms. The molecule has 0 atom stereocenters. The van der Waals surface area contributed by atoms with Crippen molar-refractivity contribution in [1.29, 1.82) is 0 Å². The number of hydrogen-bond donors (Lipinski definition) is 3. The Morgan fingerprint density at radius 1 is 1.03 bits per heavy atom. The molecule has 2 heterocycles. The molecule has 4 aromatic rings. The van der Waals surface area contributed by atoms with E-state index >= 15 is 0 Å². The van der Waals surface area contributed by atoms with Crippen molar-refractivity contribution in [2.75, 3.05) is 32.8 Å². The van der Waals surface area contributed by atoms with Gasteiger partial charge in [0.05, 0.1) is 47.2 Å². The van der Waals surface area contributed by atoms with E-state index < -0.39 is 0 Å². The molecule has 180 valence electrons. The summed E-state index contributed by atoms with van der Waals surface area (Å²) in [6, 6.07) is 15.4. The second kappa shape index (κ2) is 11.1. The Kier molecular flexibility index (Phi) is 7.71. The SMILES string of the molecule is COCC(COC)NC(=O)c1cccc(-c2nc3ncc(NC(=O)c4ccccc4Cl)cc3[nH]2)c1. The molecule has 0 saturated heterocycles. The molecule has 4 rings (SSSR count). The Hall–Kier alpha value is -3.79. The van der Waals surface area contributed by atoms with Crippen LogP contribution in [0, 0.1) is 0 Å². The first-order valence-electron chi connectivity index (χ1n) is 10.8. The molecule has 0 aliphatic carbocycles. The van der Waals surface area contributed by atoms with Gasteiger partial charge in [0, 0.05) is 25.3 Å². The largest absolute Gasteiger partial charge is 0.382 e. The van der Waals surface area contributed by atoms with E-state index in [1.165, 1.54) is 6.20 Å². The summed E-state index contributed by atoms with van der Waals surface area (Å²) < 4.78 is 10.3. The number of carbonyl (C=O) groups is 2. The maximum atomic E-state index is 12.7. The Morgan fingerprint density at radius 2 is 1.80 bits per heavy atom. The summed E-state index contributed by atoms with van der Waals surface area (Å²) in [5, 5.41) is 6.06. The quantitative estimate of drug-likeness (QED) is 0.325. The summed E-state index contributed by atoms with van der Waals surface area (Å²) in [6.45, 7) is 0.674.